The molecule has 0 amide bonds. The number of unbranched alkanes of at least 4 members (excludes halogenated alkanes) is 6. The van der Waals surface area contributed by atoms with Gasteiger partial charge in [0.2, 0.25) is 0 Å². The summed E-state index contributed by atoms with van der Waals surface area (Å²) >= 11 is 11.2. The summed E-state index contributed by atoms with van der Waals surface area (Å²) in [5.74, 6) is -1.69. The van der Waals surface area contributed by atoms with Crippen molar-refractivity contribution in [3.63, 3.8) is 0 Å². The maximum absolute atomic E-state index is 15.7. The van der Waals surface area contributed by atoms with Crippen molar-refractivity contribution in [3.05, 3.63) is 42.5 Å². The molecule has 0 fully saturated rings. The fraction of sp³-hybridized carbons (Fsp3) is 0.462. The van der Waals surface area contributed by atoms with Gasteiger partial charge in [-0.3, -0.25) is 0 Å². The molecule has 0 aliphatic heterocycles. The van der Waals surface area contributed by atoms with Crippen LogP contribution in [0.4, 0.5) is 8.78 Å². The van der Waals surface area contributed by atoms with Crippen LogP contribution >= 0.6 is 66.3 Å². The van der Waals surface area contributed by atoms with Crippen molar-refractivity contribution in [2.45, 2.75) is 78.1 Å². The van der Waals surface area contributed by atoms with Crippen LogP contribution in [0.2, 0.25) is 0 Å². The molecular weight excluding hydrogens is 634 g/mol. The predicted octanol–water partition coefficient (Wildman–Crippen LogP) is 11.2. The van der Waals surface area contributed by atoms with Gasteiger partial charge in [-0.15, -0.1) is 22.7 Å². The number of fused-ring (bicyclic) bond motifs is 1. The molecule has 0 atom stereocenters. The van der Waals surface area contributed by atoms with Crippen LogP contribution in [0.5, 0.6) is 0 Å². The van der Waals surface area contributed by atoms with Gasteiger partial charge < -0.3 is 0 Å². The van der Waals surface area contributed by atoms with E-state index in [0.29, 0.717) is 20.8 Å². The summed E-state index contributed by atoms with van der Waals surface area (Å²) in [7, 11) is 0. The predicted molar refractivity (Wildman–Crippen MR) is 155 cm³/mol. The monoisotopic (exact) mass is 660 g/mol. The molecule has 0 N–H and O–H groups in total. The van der Waals surface area contributed by atoms with E-state index in [1.807, 2.05) is 12.1 Å². The van der Waals surface area contributed by atoms with Crippen LogP contribution in [0.3, 0.4) is 0 Å². The van der Waals surface area contributed by atoms with Crippen LogP contribution in [0.1, 0.15) is 76.3 Å². The Labute approximate surface area is 234 Å². The van der Waals surface area contributed by atoms with Crippen molar-refractivity contribution in [1.29, 1.82) is 0 Å². The number of aryl methyl sites for hydroxylation is 2. The van der Waals surface area contributed by atoms with Gasteiger partial charge in [0.1, 0.15) is 11.0 Å². The molecule has 0 radical (unpaired) electrons. The molecule has 1 aromatic carbocycles. The van der Waals surface area contributed by atoms with E-state index in [4.69, 9.17) is 0 Å². The Morgan fingerprint density at radius 2 is 1.11 bits per heavy atom. The topological polar surface area (TPSA) is 25.8 Å². The molecule has 0 saturated heterocycles. The fourth-order valence-electron chi connectivity index (χ4n) is 4.28. The quantitative estimate of drug-likeness (QED) is 0.141. The molecule has 2 nitrogen and oxygen atoms in total. The van der Waals surface area contributed by atoms with Crippen LogP contribution in [0.15, 0.2) is 19.7 Å². The average molecular weight is 663 g/mol. The standard InChI is InChI=1S/C26H28Br2F2N2S3/c1-3-5-7-9-11-15-13-17(33-25(15)27)19-21(29)22(30)20(24-23(19)31-35-32-24)18-14-16(26(28)34-18)12-10-8-6-4-2/h13-14H,3-12H2,1-2H3. The molecule has 0 unspecified atom stereocenters. The van der Waals surface area contributed by atoms with Crippen molar-refractivity contribution in [2.75, 3.05) is 0 Å². The molecule has 3 heterocycles. The average Bonchev–Trinajstić information content (AvgIpc) is 3.55. The molecule has 3 aromatic heterocycles. The minimum absolute atomic E-state index is 0.218. The van der Waals surface area contributed by atoms with E-state index in [0.717, 1.165) is 56.1 Å². The molecular formula is C26H28Br2F2N2S3. The van der Waals surface area contributed by atoms with Crippen LogP contribution in [0, 0.1) is 11.6 Å². The molecule has 188 valence electrons. The lowest BCUT2D eigenvalue weighted by atomic mass is 10.0. The second kappa shape index (κ2) is 12.7. The highest BCUT2D eigenvalue weighted by atomic mass is 79.9. The summed E-state index contributed by atoms with van der Waals surface area (Å²) in [5, 5.41) is 0. The number of nitrogens with zero attached hydrogens (tertiary/aromatic N) is 2. The van der Waals surface area contributed by atoms with Crippen molar-refractivity contribution < 1.29 is 8.78 Å². The lowest BCUT2D eigenvalue weighted by Crippen LogP contribution is -1.95. The normalized spacial score (nSPS) is 11.7. The Balaban J connectivity index is 1.70. The van der Waals surface area contributed by atoms with E-state index in [9.17, 15) is 0 Å². The zero-order valence-electron chi connectivity index (χ0n) is 19.9. The Morgan fingerprint density at radius 1 is 0.686 bits per heavy atom. The highest BCUT2D eigenvalue weighted by molar-refractivity contribution is 9.11. The summed E-state index contributed by atoms with van der Waals surface area (Å²) in [6.45, 7) is 4.38. The first-order valence-electron chi connectivity index (χ1n) is 12.2. The molecule has 9 heteroatoms. The number of halogens is 4. The van der Waals surface area contributed by atoms with Crippen LogP contribution in [-0.4, -0.2) is 8.75 Å². The third-order valence-corrected chi connectivity index (χ3v) is 10.7. The summed E-state index contributed by atoms with van der Waals surface area (Å²) in [6, 6.07) is 3.96. The summed E-state index contributed by atoms with van der Waals surface area (Å²) in [4.78, 5) is 1.37. The van der Waals surface area contributed by atoms with E-state index in [2.05, 4.69) is 54.5 Å². The molecule has 4 aromatic rings. The number of hydrogen-bond acceptors (Lipinski definition) is 5. The second-order valence-electron chi connectivity index (χ2n) is 8.78. The molecule has 4 rings (SSSR count). The molecule has 0 aliphatic carbocycles. The Bertz CT molecular complexity index is 1200. The summed E-state index contributed by atoms with van der Waals surface area (Å²) in [6.07, 6.45) is 11.1. The minimum atomic E-state index is -0.847. The van der Waals surface area contributed by atoms with Gasteiger partial charge in [-0.2, -0.15) is 8.75 Å². The van der Waals surface area contributed by atoms with Gasteiger partial charge >= 0.3 is 0 Å². The minimum Gasteiger partial charge on any atom is -0.203 e. The maximum atomic E-state index is 15.7. The van der Waals surface area contributed by atoms with Gasteiger partial charge in [-0.25, -0.2) is 8.78 Å². The lowest BCUT2D eigenvalue weighted by Gasteiger charge is -2.08. The smallest absolute Gasteiger partial charge is 0.170 e. The Morgan fingerprint density at radius 3 is 1.51 bits per heavy atom. The van der Waals surface area contributed by atoms with Crippen LogP contribution in [-0.2, 0) is 12.8 Å². The largest absolute Gasteiger partial charge is 0.203 e. The van der Waals surface area contributed by atoms with Crippen LogP contribution < -0.4 is 0 Å². The third kappa shape index (κ3) is 6.06. The summed E-state index contributed by atoms with van der Waals surface area (Å²) in [5.41, 5.74) is 3.58. The van der Waals surface area contributed by atoms with E-state index in [1.165, 1.54) is 61.2 Å². The van der Waals surface area contributed by atoms with Crippen molar-refractivity contribution in [1.82, 2.24) is 8.75 Å². The highest BCUT2D eigenvalue weighted by Crippen LogP contribution is 2.46. The van der Waals surface area contributed by atoms with E-state index >= 15 is 8.78 Å². The fourth-order valence-corrected chi connectivity index (χ4v) is 8.46. The van der Waals surface area contributed by atoms with Gasteiger partial charge in [0.25, 0.3) is 0 Å². The van der Waals surface area contributed by atoms with Crippen molar-refractivity contribution >= 4 is 77.3 Å². The maximum Gasteiger partial charge on any atom is 0.170 e. The van der Waals surface area contributed by atoms with Gasteiger partial charge in [0.15, 0.2) is 11.6 Å². The molecule has 0 saturated carbocycles. The van der Waals surface area contributed by atoms with E-state index < -0.39 is 11.6 Å². The summed E-state index contributed by atoms with van der Waals surface area (Å²) < 4.78 is 42.1. The number of benzene rings is 1. The zero-order chi connectivity index (χ0) is 24.9. The van der Waals surface area contributed by atoms with Gasteiger partial charge in [-0.05, 0) is 80.8 Å². The SMILES string of the molecule is CCCCCCc1cc(-c2c(F)c(F)c(-c3cc(CCCCCC)c(Br)s3)c3nsnc23)sc1Br. The zero-order valence-corrected chi connectivity index (χ0v) is 25.5. The molecule has 0 bridgehead atoms. The van der Waals surface area contributed by atoms with Crippen LogP contribution in [0.25, 0.3) is 31.9 Å². The second-order valence-corrected chi connectivity index (χ2v) is 14.0. The third-order valence-electron chi connectivity index (χ3n) is 6.20. The van der Waals surface area contributed by atoms with Gasteiger partial charge in [0, 0.05) is 9.75 Å². The molecule has 0 aliphatic rings. The van der Waals surface area contributed by atoms with E-state index in [1.54, 1.807) is 0 Å². The Kier molecular flexibility index (Phi) is 9.89. The number of thiophene rings is 2. The van der Waals surface area contributed by atoms with E-state index in [-0.39, 0.29) is 11.1 Å². The molecule has 0 spiro atoms. The van der Waals surface area contributed by atoms with Gasteiger partial charge in [0.05, 0.1) is 30.4 Å². The highest BCUT2D eigenvalue weighted by Gasteiger charge is 2.27. The first kappa shape index (κ1) is 27.3. The van der Waals surface area contributed by atoms with Crippen molar-refractivity contribution in [2.24, 2.45) is 0 Å². The van der Waals surface area contributed by atoms with Gasteiger partial charge in [-0.1, -0.05) is 52.4 Å². The first-order valence-corrected chi connectivity index (χ1v) is 16.1. The number of rotatable bonds is 12. The lowest BCUT2D eigenvalue weighted by molar-refractivity contribution is 0.516. The molecule has 35 heavy (non-hydrogen) atoms. The first-order chi connectivity index (χ1) is 17.0. The number of aromatic nitrogens is 2. The number of hydrogen-bond donors (Lipinski definition) is 0. The Hall–Kier alpha value is -0.740. The van der Waals surface area contributed by atoms with Crippen molar-refractivity contribution in [3.8, 4) is 20.9 Å².